The molecule has 5 nitrogen and oxygen atoms in total. The molecule has 7 heteroatoms. The molecule has 0 aromatic heterocycles. The van der Waals surface area contributed by atoms with Crippen LogP contribution in [-0.4, -0.2) is 31.1 Å². The fourth-order valence-electron chi connectivity index (χ4n) is 1.28. The summed E-state index contributed by atoms with van der Waals surface area (Å²) in [7, 11) is 0. The van der Waals surface area contributed by atoms with E-state index in [1.807, 2.05) is 0 Å². The predicted molar refractivity (Wildman–Crippen MR) is 61.6 cm³/mol. The van der Waals surface area contributed by atoms with Crippen molar-refractivity contribution in [3.05, 3.63) is 39.9 Å². The van der Waals surface area contributed by atoms with Gasteiger partial charge >= 0.3 is 0 Å². The van der Waals surface area contributed by atoms with Gasteiger partial charge in [-0.2, -0.15) is 0 Å². The first-order valence-corrected chi connectivity index (χ1v) is 5.39. The first-order chi connectivity index (χ1) is 8.59. The van der Waals surface area contributed by atoms with Crippen molar-refractivity contribution >= 4 is 5.69 Å². The number of benzene rings is 1. The molecule has 0 aliphatic rings. The van der Waals surface area contributed by atoms with Crippen molar-refractivity contribution in [3.63, 3.8) is 0 Å². The molecular formula is C11H14F2N2O3. The molecule has 1 N–H and O–H groups in total. The minimum atomic E-state index is -2.44. The third-order valence-corrected chi connectivity index (χ3v) is 2.14. The summed E-state index contributed by atoms with van der Waals surface area (Å²) >= 11 is 0. The van der Waals surface area contributed by atoms with Crippen LogP contribution in [0.15, 0.2) is 24.3 Å². The molecule has 1 aromatic rings. The zero-order valence-electron chi connectivity index (χ0n) is 9.64. The molecule has 0 amide bonds. The van der Waals surface area contributed by atoms with Crippen molar-refractivity contribution in [2.45, 2.75) is 13.0 Å². The van der Waals surface area contributed by atoms with Crippen LogP contribution in [0.4, 0.5) is 14.5 Å². The van der Waals surface area contributed by atoms with Crippen LogP contribution in [0, 0.1) is 10.1 Å². The van der Waals surface area contributed by atoms with Crippen molar-refractivity contribution in [3.8, 4) is 0 Å². The summed E-state index contributed by atoms with van der Waals surface area (Å²) in [6.45, 7) is 0.607. The van der Waals surface area contributed by atoms with E-state index in [-0.39, 0.29) is 12.3 Å². The van der Waals surface area contributed by atoms with Gasteiger partial charge in [0.25, 0.3) is 12.1 Å². The summed E-state index contributed by atoms with van der Waals surface area (Å²) in [5.41, 5.74) is 0.925. The highest BCUT2D eigenvalue weighted by molar-refractivity contribution is 5.32. The first-order valence-electron chi connectivity index (χ1n) is 5.39. The average Bonchev–Trinajstić information content (AvgIpc) is 2.34. The number of halogens is 2. The second kappa shape index (κ2) is 7.67. The maximum atomic E-state index is 11.7. The second-order valence-electron chi connectivity index (χ2n) is 3.57. The lowest BCUT2D eigenvalue weighted by molar-refractivity contribution is -0.384. The molecule has 0 unspecified atom stereocenters. The lowest BCUT2D eigenvalue weighted by Gasteiger charge is -2.05. The van der Waals surface area contributed by atoms with E-state index in [9.17, 15) is 18.9 Å². The lowest BCUT2D eigenvalue weighted by Crippen LogP contribution is -2.20. The van der Waals surface area contributed by atoms with E-state index in [2.05, 4.69) is 10.1 Å². The van der Waals surface area contributed by atoms with Gasteiger partial charge in [0.05, 0.1) is 11.5 Å². The normalized spacial score (nSPS) is 10.8. The topological polar surface area (TPSA) is 64.4 Å². The monoisotopic (exact) mass is 260 g/mol. The van der Waals surface area contributed by atoms with Gasteiger partial charge in [0.1, 0.15) is 6.61 Å². The predicted octanol–water partition coefficient (Wildman–Crippen LogP) is 1.97. The highest BCUT2D eigenvalue weighted by atomic mass is 19.3. The molecule has 0 radical (unpaired) electrons. The number of nitro groups is 1. The van der Waals surface area contributed by atoms with Crippen LogP contribution in [0.3, 0.4) is 0 Å². The number of alkyl halides is 2. The summed E-state index contributed by atoms with van der Waals surface area (Å²) in [4.78, 5) is 9.95. The quantitative estimate of drug-likeness (QED) is 0.441. The number of ether oxygens (including phenoxy) is 1. The van der Waals surface area contributed by atoms with E-state index >= 15 is 0 Å². The highest BCUT2D eigenvalue weighted by Gasteiger charge is 2.03. The van der Waals surface area contributed by atoms with Crippen LogP contribution in [-0.2, 0) is 11.3 Å². The molecular weight excluding hydrogens is 246 g/mol. The van der Waals surface area contributed by atoms with Crippen molar-refractivity contribution in [1.29, 1.82) is 0 Å². The van der Waals surface area contributed by atoms with Crippen molar-refractivity contribution in [1.82, 2.24) is 5.32 Å². The Bertz CT molecular complexity index is 371. The molecule has 0 saturated heterocycles. The number of hydrogen-bond donors (Lipinski definition) is 1. The Morgan fingerprint density at radius 2 is 2.00 bits per heavy atom. The fourth-order valence-corrected chi connectivity index (χ4v) is 1.28. The molecule has 0 bridgehead atoms. The largest absolute Gasteiger partial charge is 0.374 e. The van der Waals surface area contributed by atoms with Gasteiger partial charge in [-0.25, -0.2) is 8.78 Å². The Kier molecular flexibility index (Phi) is 6.16. The third-order valence-electron chi connectivity index (χ3n) is 2.14. The molecule has 1 aromatic carbocycles. The fraction of sp³-hybridized carbons (Fsp3) is 0.455. The zero-order valence-corrected chi connectivity index (χ0v) is 9.64. The number of rotatable bonds is 8. The summed E-state index contributed by atoms with van der Waals surface area (Å²) in [5.74, 6) is 0. The first kappa shape index (κ1) is 14.5. The van der Waals surface area contributed by atoms with Crippen molar-refractivity contribution in [2.75, 3.05) is 19.8 Å². The molecule has 0 aliphatic heterocycles. The van der Waals surface area contributed by atoms with Crippen LogP contribution < -0.4 is 5.32 Å². The molecule has 0 fully saturated rings. The van der Waals surface area contributed by atoms with Gasteiger partial charge in [0.2, 0.25) is 0 Å². The van der Waals surface area contributed by atoms with Crippen molar-refractivity contribution in [2.24, 2.45) is 0 Å². The Balaban J connectivity index is 2.17. The number of nitrogens with one attached hydrogen (secondary N) is 1. The summed E-state index contributed by atoms with van der Waals surface area (Å²) < 4.78 is 28.1. The van der Waals surface area contributed by atoms with E-state index in [1.165, 1.54) is 12.1 Å². The lowest BCUT2D eigenvalue weighted by atomic mass is 10.2. The minimum absolute atomic E-state index is 0.0408. The SMILES string of the molecule is O=[N+]([O-])c1ccc(CNCCOCC(F)F)cc1. The number of nitro benzene ring substituents is 1. The maximum absolute atomic E-state index is 11.7. The second-order valence-corrected chi connectivity index (χ2v) is 3.57. The minimum Gasteiger partial charge on any atom is -0.374 e. The van der Waals surface area contributed by atoms with Crippen LogP contribution in [0.1, 0.15) is 5.56 Å². The molecule has 0 spiro atoms. The van der Waals surface area contributed by atoms with Gasteiger partial charge < -0.3 is 10.1 Å². The number of non-ortho nitro benzene ring substituents is 1. The zero-order chi connectivity index (χ0) is 13.4. The molecule has 18 heavy (non-hydrogen) atoms. The molecule has 0 atom stereocenters. The van der Waals surface area contributed by atoms with Gasteiger partial charge in [-0.05, 0) is 5.56 Å². The van der Waals surface area contributed by atoms with Gasteiger partial charge in [-0.3, -0.25) is 10.1 Å². The number of hydrogen-bond acceptors (Lipinski definition) is 4. The third kappa shape index (κ3) is 5.65. The van der Waals surface area contributed by atoms with E-state index in [4.69, 9.17) is 0 Å². The van der Waals surface area contributed by atoms with E-state index in [1.54, 1.807) is 12.1 Å². The van der Waals surface area contributed by atoms with Crippen LogP contribution in [0.5, 0.6) is 0 Å². The van der Waals surface area contributed by atoms with Crippen LogP contribution in [0.25, 0.3) is 0 Å². The van der Waals surface area contributed by atoms with Gasteiger partial charge in [-0.15, -0.1) is 0 Å². The maximum Gasteiger partial charge on any atom is 0.269 e. The molecule has 100 valence electrons. The van der Waals surface area contributed by atoms with Gasteiger partial charge in [0.15, 0.2) is 0 Å². The Labute approximate surface area is 103 Å². The van der Waals surface area contributed by atoms with Gasteiger partial charge in [0, 0.05) is 25.2 Å². The van der Waals surface area contributed by atoms with Crippen molar-refractivity contribution < 1.29 is 18.4 Å². The van der Waals surface area contributed by atoms with Crippen LogP contribution >= 0.6 is 0 Å². The van der Waals surface area contributed by atoms with E-state index in [0.29, 0.717) is 13.1 Å². The molecule has 0 saturated carbocycles. The van der Waals surface area contributed by atoms with E-state index in [0.717, 1.165) is 5.56 Å². The Morgan fingerprint density at radius 3 is 2.56 bits per heavy atom. The smallest absolute Gasteiger partial charge is 0.269 e. The highest BCUT2D eigenvalue weighted by Crippen LogP contribution is 2.11. The Hall–Kier alpha value is -1.60. The summed E-state index contributed by atoms with van der Waals surface area (Å²) in [6, 6.07) is 6.13. The number of nitrogens with zero attached hydrogens (tertiary/aromatic N) is 1. The average molecular weight is 260 g/mol. The standard InChI is InChI=1S/C11H14F2N2O3/c12-11(13)8-18-6-5-14-7-9-1-3-10(4-2-9)15(16)17/h1-4,11,14H,5-8H2. The molecule has 0 aliphatic carbocycles. The van der Waals surface area contributed by atoms with E-state index < -0.39 is 18.0 Å². The van der Waals surface area contributed by atoms with Crippen LogP contribution in [0.2, 0.25) is 0 Å². The molecule has 0 heterocycles. The summed E-state index contributed by atoms with van der Waals surface area (Å²) in [6.07, 6.45) is -2.44. The molecule has 1 rings (SSSR count). The Morgan fingerprint density at radius 1 is 1.33 bits per heavy atom. The van der Waals surface area contributed by atoms with Gasteiger partial charge in [-0.1, -0.05) is 12.1 Å². The summed E-state index contributed by atoms with van der Waals surface area (Å²) in [5, 5.41) is 13.4.